The number of hydrogen-bond donors (Lipinski definition) is 1. The van der Waals surface area contributed by atoms with E-state index in [1.807, 2.05) is 14.0 Å². The minimum absolute atomic E-state index is 0.155. The molecule has 90 valence electrons. The van der Waals surface area contributed by atoms with Crippen molar-refractivity contribution in [3.05, 3.63) is 0 Å². The normalized spacial score (nSPS) is 28.9. The average molecular weight is 234 g/mol. The molecule has 0 aromatic rings. The zero-order valence-electron chi connectivity index (χ0n) is 9.86. The van der Waals surface area contributed by atoms with Crippen molar-refractivity contribution in [2.75, 3.05) is 31.6 Å². The van der Waals surface area contributed by atoms with Crippen molar-refractivity contribution in [3.63, 3.8) is 0 Å². The van der Waals surface area contributed by atoms with Gasteiger partial charge in [-0.25, -0.2) is 8.42 Å². The van der Waals surface area contributed by atoms with Crippen molar-refractivity contribution < 1.29 is 8.42 Å². The van der Waals surface area contributed by atoms with Crippen LogP contribution in [0.25, 0.3) is 0 Å². The first kappa shape index (κ1) is 12.9. The standard InChI is InChI=1S/C10H22N2O2S/c1-4-10(7-11-3)12-5-6-15(13,14)8-9(12)2/h9-11H,4-8H2,1-3H3. The summed E-state index contributed by atoms with van der Waals surface area (Å²) in [6.45, 7) is 5.78. The summed E-state index contributed by atoms with van der Waals surface area (Å²) in [5, 5.41) is 3.17. The maximum absolute atomic E-state index is 11.4. The molecule has 2 atom stereocenters. The summed E-state index contributed by atoms with van der Waals surface area (Å²) in [6.07, 6.45) is 1.06. The molecule has 1 heterocycles. The van der Waals surface area contributed by atoms with E-state index in [0.717, 1.165) is 13.0 Å². The molecule has 2 unspecified atom stereocenters. The first-order chi connectivity index (χ1) is 7.00. The second kappa shape index (κ2) is 5.27. The summed E-state index contributed by atoms with van der Waals surface area (Å²) in [4.78, 5) is 2.32. The first-order valence-electron chi connectivity index (χ1n) is 5.61. The number of nitrogens with zero attached hydrogens (tertiary/aromatic N) is 1. The van der Waals surface area contributed by atoms with Crippen LogP contribution in [0.3, 0.4) is 0 Å². The Morgan fingerprint density at radius 1 is 1.53 bits per heavy atom. The lowest BCUT2D eigenvalue weighted by molar-refractivity contribution is 0.152. The van der Waals surface area contributed by atoms with Crippen LogP contribution in [0.4, 0.5) is 0 Å². The smallest absolute Gasteiger partial charge is 0.153 e. The quantitative estimate of drug-likeness (QED) is 0.750. The van der Waals surface area contributed by atoms with Crippen molar-refractivity contribution in [1.82, 2.24) is 10.2 Å². The van der Waals surface area contributed by atoms with E-state index in [4.69, 9.17) is 0 Å². The highest BCUT2D eigenvalue weighted by Crippen LogP contribution is 2.16. The summed E-state index contributed by atoms with van der Waals surface area (Å²) in [6, 6.07) is 0.613. The van der Waals surface area contributed by atoms with Crippen LogP contribution in [-0.4, -0.2) is 57.0 Å². The van der Waals surface area contributed by atoms with E-state index in [0.29, 0.717) is 24.1 Å². The van der Waals surface area contributed by atoms with Gasteiger partial charge in [0.25, 0.3) is 0 Å². The largest absolute Gasteiger partial charge is 0.318 e. The Bertz CT molecular complexity index is 290. The fourth-order valence-electron chi connectivity index (χ4n) is 2.29. The second-order valence-electron chi connectivity index (χ2n) is 4.32. The second-order valence-corrected chi connectivity index (χ2v) is 6.55. The van der Waals surface area contributed by atoms with Crippen LogP contribution in [0.15, 0.2) is 0 Å². The Morgan fingerprint density at radius 3 is 2.67 bits per heavy atom. The van der Waals surface area contributed by atoms with Crippen molar-refractivity contribution in [3.8, 4) is 0 Å². The molecule has 0 aliphatic carbocycles. The molecular formula is C10H22N2O2S. The maximum atomic E-state index is 11.4. The maximum Gasteiger partial charge on any atom is 0.153 e. The van der Waals surface area contributed by atoms with Gasteiger partial charge < -0.3 is 5.32 Å². The van der Waals surface area contributed by atoms with Crippen molar-refractivity contribution in [2.24, 2.45) is 0 Å². The Kier molecular flexibility index (Phi) is 4.55. The fraction of sp³-hybridized carbons (Fsp3) is 1.00. The molecule has 1 rings (SSSR count). The Balaban J connectivity index is 2.63. The SMILES string of the molecule is CCC(CNC)N1CCS(=O)(=O)CC1C. The van der Waals surface area contributed by atoms with Crippen LogP contribution >= 0.6 is 0 Å². The van der Waals surface area contributed by atoms with E-state index in [-0.39, 0.29) is 6.04 Å². The number of hydrogen-bond acceptors (Lipinski definition) is 4. The lowest BCUT2D eigenvalue weighted by Crippen LogP contribution is -2.53. The van der Waals surface area contributed by atoms with E-state index >= 15 is 0 Å². The molecule has 0 amide bonds. The average Bonchev–Trinajstić information content (AvgIpc) is 2.14. The highest BCUT2D eigenvalue weighted by Gasteiger charge is 2.31. The lowest BCUT2D eigenvalue weighted by atomic mass is 10.1. The summed E-state index contributed by atoms with van der Waals surface area (Å²) < 4.78 is 22.9. The van der Waals surface area contributed by atoms with Gasteiger partial charge in [-0.1, -0.05) is 6.92 Å². The van der Waals surface area contributed by atoms with Crippen LogP contribution in [0.1, 0.15) is 20.3 Å². The molecule has 0 saturated carbocycles. The summed E-state index contributed by atoms with van der Waals surface area (Å²) in [7, 11) is -0.845. The van der Waals surface area contributed by atoms with Crippen LogP contribution in [0, 0.1) is 0 Å². The predicted molar refractivity (Wildman–Crippen MR) is 62.8 cm³/mol. The van der Waals surface area contributed by atoms with Gasteiger partial charge in [-0.3, -0.25) is 4.90 Å². The Morgan fingerprint density at radius 2 is 2.20 bits per heavy atom. The highest BCUT2D eigenvalue weighted by atomic mass is 32.2. The van der Waals surface area contributed by atoms with Gasteiger partial charge in [-0.05, 0) is 20.4 Å². The van der Waals surface area contributed by atoms with Gasteiger partial charge in [0, 0.05) is 25.2 Å². The van der Waals surface area contributed by atoms with Crippen LogP contribution in [-0.2, 0) is 9.84 Å². The summed E-state index contributed by atoms with van der Waals surface area (Å²) >= 11 is 0. The molecule has 1 aliphatic heterocycles. The molecule has 1 N–H and O–H groups in total. The van der Waals surface area contributed by atoms with E-state index < -0.39 is 9.84 Å². The molecule has 1 aliphatic rings. The third kappa shape index (κ3) is 3.43. The Hall–Kier alpha value is -0.130. The topological polar surface area (TPSA) is 49.4 Å². The van der Waals surface area contributed by atoms with Gasteiger partial charge in [0.05, 0.1) is 11.5 Å². The van der Waals surface area contributed by atoms with Gasteiger partial charge in [0.15, 0.2) is 9.84 Å². The molecule has 0 aromatic carbocycles. The van der Waals surface area contributed by atoms with E-state index in [1.165, 1.54) is 0 Å². The highest BCUT2D eigenvalue weighted by molar-refractivity contribution is 7.91. The molecule has 0 radical (unpaired) electrons. The number of likely N-dealkylation sites (N-methyl/N-ethyl adjacent to an activating group) is 1. The van der Waals surface area contributed by atoms with Crippen LogP contribution in [0.5, 0.6) is 0 Å². The molecule has 0 spiro atoms. The zero-order chi connectivity index (χ0) is 11.5. The zero-order valence-corrected chi connectivity index (χ0v) is 10.7. The minimum Gasteiger partial charge on any atom is -0.318 e. The van der Waals surface area contributed by atoms with E-state index in [1.54, 1.807) is 0 Å². The lowest BCUT2D eigenvalue weighted by Gasteiger charge is -2.39. The number of sulfone groups is 1. The van der Waals surface area contributed by atoms with Gasteiger partial charge in [0.1, 0.15) is 0 Å². The van der Waals surface area contributed by atoms with E-state index in [2.05, 4.69) is 17.1 Å². The number of nitrogens with one attached hydrogen (secondary N) is 1. The minimum atomic E-state index is -2.78. The Labute approximate surface area is 93.0 Å². The van der Waals surface area contributed by atoms with Crippen molar-refractivity contribution in [1.29, 1.82) is 0 Å². The molecule has 4 nitrogen and oxygen atoms in total. The van der Waals surface area contributed by atoms with Gasteiger partial charge >= 0.3 is 0 Å². The summed E-state index contributed by atoms with van der Waals surface area (Å²) in [5.74, 6) is 0.630. The molecule has 0 bridgehead atoms. The first-order valence-corrected chi connectivity index (χ1v) is 7.43. The van der Waals surface area contributed by atoms with Crippen LogP contribution < -0.4 is 5.32 Å². The number of rotatable bonds is 4. The molecule has 5 heteroatoms. The van der Waals surface area contributed by atoms with Crippen LogP contribution in [0.2, 0.25) is 0 Å². The van der Waals surface area contributed by atoms with Crippen molar-refractivity contribution >= 4 is 9.84 Å². The van der Waals surface area contributed by atoms with Gasteiger partial charge in [0.2, 0.25) is 0 Å². The predicted octanol–water partition coefficient (Wildman–Crippen LogP) is 0.103. The van der Waals surface area contributed by atoms with Gasteiger partial charge in [-0.2, -0.15) is 0 Å². The summed E-state index contributed by atoms with van der Waals surface area (Å²) in [5.41, 5.74) is 0. The third-order valence-electron chi connectivity index (χ3n) is 3.10. The molecule has 15 heavy (non-hydrogen) atoms. The fourth-order valence-corrected chi connectivity index (χ4v) is 3.87. The molecular weight excluding hydrogens is 212 g/mol. The van der Waals surface area contributed by atoms with Gasteiger partial charge in [-0.15, -0.1) is 0 Å². The molecule has 1 fully saturated rings. The monoisotopic (exact) mass is 234 g/mol. The molecule has 1 saturated heterocycles. The third-order valence-corrected chi connectivity index (χ3v) is 4.90. The molecule has 0 aromatic heterocycles. The van der Waals surface area contributed by atoms with E-state index in [9.17, 15) is 8.42 Å². The van der Waals surface area contributed by atoms with Crippen molar-refractivity contribution in [2.45, 2.75) is 32.4 Å².